The van der Waals surface area contributed by atoms with Crippen LogP contribution in [0.25, 0.3) is 0 Å². The van der Waals surface area contributed by atoms with E-state index in [-0.39, 0.29) is 16.8 Å². The molecule has 1 aliphatic heterocycles. The fourth-order valence-electron chi connectivity index (χ4n) is 3.73. The number of likely N-dealkylation sites (tertiary alicyclic amines) is 1. The summed E-state index contributed by atoms with van der Waals surface area (Å²) in [4.78, 5) is 14.8. The molecule has 1 saturated heterocycles. The molecule has 2 fully saturated rings. The van der Waals surface area contributed by atoms with E-state index in [9.17, 15) is 13.2 Å². The number of nitrogens with zero attached hydrogens (tertiary/aromatic N) is 2. The lowest BCUT2D eigenvalue weighted by Crippen LogP contribution is -2.36. The van der Waals surface area contributed by atoms with Crippen molar-refractivity contribution in [3.63, 3.8) is 0 Å². The normalized spacial score (nSPS) is 19.8. The average Bonchev–Trinajstić information content (AvgIpc) is 3.17. The first kappa shape index (κ1) is 17.5. The summed E-state index contributed by atoms with van der Waals surface area (Å²) in [6.07, 6.45) is 7.11. The van der Waals surface area contributed by atoms with Crippen LogP contribution in [-0.2, 0) is 17.1 Å². The van der Waals surface area contributed by atoms with Gasteiger partial charge in [0.15, 0.2) is 0 Å². The fraction of sp³-hybridized carbons (Fsp3) is 0.706. The van der Waals surface area contributed by atoms with Gasteiger partial charge >= 0.3 is 0 Å². The van der Waals surface area contributed by atoms with Crippen molar-refractivity contribution < 1.29 is 13.2 Å². The average molecular weight is 353 g/mol. The molecule has 2 aliphatic rings. The van der Waals surface area contributed by atoms with Crippen LogP contribution in [0.1, 0.15) is 61.1 Å². The number of sulfonamides is 1. The Kier molecular flexibility index (Phi) is 5.01. The summed E-state index contributed by atoms with van der Waals surface area (Å²) in [5.74, 6) is -0.0670. The van der Waals surface area contributed by atoms with Crippen molar-refractivity contribution in [3.8, 4) is 0 Å². The van der Waals surface area contributed by atoms with E-state index in [2.05, 4.69) is 4.72 Å². The van der Waals surface area contributed by atoms with Gasteiger partial charge in [-0.25, -0.2) is 13.1 Å². The Hall–Kier alpha value is -1.34. The molecule has 134 valence electrons. The van der Waals surface area contributed by atoms with Gasteiger partial charge in [0.25, 0.3) is 5.91 Å². The second-order valence-corrected chi connectivity index (χ2v) is 8.68. The summed E-state index contributed by atoms with van der Waals surface area (Å²) in [7, 11) is -1.82. The van der Waals surface area contributed by atoms with Crippen LogP contribution in [-0.4, -0.2) is 42.9 Å². The SMILES string of the molecule is Cc1c(S(=O)(=O)NC2CCCC2)cc(C(=O)N2CCCCC2)n1C. The number of hydrogen-bond donors (Lipinski definition) is 1. The Balaban J connectivity index is 1.85. The molecule has 3 rings (SSSR count). The number of carbonyl (C=O) groups is 1. The highest BCUT2D eigenvalue weighted by Gasteiger charge is 2.29. The molecular weight excluding hydrogens is 326 g/mol. The van der Waals surface area contributed by atoms with E-state index in [0.717, 1.165) is 58.0 Å². The van der Waals surface area contributed by atoms with Crippen molar-refractivity contribution in [2.45, 2.75) is 62.8 Å². The van der Waals surface area contributed by atoms with Crippen LogP contribution in [0.4, 0.5) is 0 Å². The zero-order chi connectivity index (χ0) is 17.3. The molecule has 1 aliphatic carbocycles. The van der Waals surface area contributed by atoms with Gasteiger partial charge in [0.1, 0.15) is 10.6 Å². The lowest BCUT2D eigenvalue weighted by Gasteiger charge is -2.26. The molecule has 0 aromatic carbocycles. The molecule has 0 unspecified atom stereocenters. The van der Waals surface area contributed by atoms with Gasteiger partial charge in [-0.15, -0.1) is 0 Å². The van der Waals surface area contributed by atoms with Gasteiger partial charge < -0.3 is 9.47 Å². The molecule has 1 saturated carbocycles. The number of hydrogen-bond acceptors (Lipinski definition) is 3. The van der Waals surface area contributed by atoms with Crippen LogP contribution < -0.4 is 4.72 Å². The maximum Gasteiger partial charge on any atom is 0.270 e. The Labute approximate surface area is 144 Å². The Morgan fingerprint density at radius 3 is 2.38 bits per heavy atom. The highest BCUT2D eigenvalue weighted by atomic mass is 32.2. The van der Waals surface area contributed by atoms with Gasteiger partial charge in [-0.05, 0) is 45.1 Å². The smallest absolute Gasteiger partial charge is 0.270 e. The maximum atomic E-state index is 12.7. The lowest BCUT2D eigenvalue weighted by molar-refractivity contribution is 0.0714. The summed E-state index contributed by atoms with van der Waals surface area (Å²) < 4.78 is 30.0. The van der Waals surface area contributed by atoms with E-state index in [1.165, 1.54) is 0 Å². The third kappa shape index (κ3) is 3.37. The molecule has 1 aromatic heterocycles. The predicted octanol–water partition coefficient (Wildman–Crippen LogP) is 2.18. The van der Waals surface area contributed by atoms with Crippen molar-refractivity contribution in [2.24, 2.45) is 7.05 Å². The molecule has 7 heteroatoms. The molecule has 0 spiro atoms. The summed E-state index contributed by atoms with van der Waals surface area (Å²) >= 11 is 0. The van der Waals surface area contributed by atoms with Crippen LogP contribution >= 0.6 is 0 Å². The molecule has 0 atom stereocenters. The molecule has 1 aromatic rings. The quantitative estimate of drug-likeness (QED) is 0.902. The largest absolute Gasteiger partial charge is 0.343 e. The standard InChI is InChI=1S/C17H27N3O3S/c1-13-16(24(22,23)18-14-8-4-5-9-14)12-15(19(13)2)17(21)20-10-6-3-7-11-20/h12,14,18H,3-11H2,1-2H3. The molecule has 1 N–H and O–H groups in total. The summed E-state index contributed by atoms with van der Waals surface area (Å²) in [5.41, 5.74) is 1.07. The first-order valence-electron chi connectivity index (χ1n) is 8.88. The number of carbonyl (C=O) groups excluding carboxylic acids is 1. The minimum Gasteiger partial charge on any atom is -0.343 e. The highest BCUT2D eigenvalue weighted by Crippen LogP contribution is 2.25. The van der Waals surface area contributed by atoms with Crippen molar-refractivity contribution in [1.82, 2.24) is 14.2 Å². The van der Waals surface area contributed by atoms with Crippen LogP contribution in [0.3, 0.4) is 0 Å². The minimum atomic E-state index is -3.58. The van der Waals surface area contributed by atoms with Gasteiger partial charge in [0.05, 0.1) is 0 Å². The van der Waals surface area contributed by atoms with Crippen LogP contribution in [0.2, 0.25) is 0 Å². The van der Waals surface area contributed by atoms with Gasteiger partial charge in [-0.2, -0.15) is 0 Å². The van der Waals surface area contributed by atoms with Gasteiger partial charge in [0.2, 0.25) is 10.0 Å². The first-order valence-corrected chi connectivity index (χ1v) is 10.4. The molecule has 1 amide bonds. The second-order valence-electron chi connectivity index (χ2n) is 6.99. The van der Waals surface area contributed by atoms with Gasteiger partial charge in [-0.1, -0.05) is 12.8 Å². The molecule has 2 heterocycles. The van der Waals surface area contributed by atoms with E-state index in [1.807, 2.05) is 4.90 Å². The molecule has 24 heavy (non-hydrogen) atoms. The Bertz CT molecular complexity index is 712. The van der Waals surface area contributed by atoms with Crippen molar-refractivity contribution in [3.05, 3.63) is 17.5 Å². The van der Waals surface area contributed by atoms with Crippen molar-refractivity contribution in [2.75, 3.05) is 13.1 Å². The monoisotopic (exact) mass is 353 g/mol. The third-order valence-electron chi connectivity index (χ3n) is 5.32. The highest BCUT2D eigenvalue weighted by molar-refractivity contribution is 7.89. The van der Waals surface area contributed by atoms with Crippen LogP contribution in [0.15, 0.2) is 11.0 Å². The Morgan fingerprint density at radius 2 is 1.75 bits per heavy atom. The molecule has 0 bridgehead atoms. The molecular formula is C17H27N3O3S. The lowest BCUT2D eigenvalue weighted by atomic mass is 10.1. The van der Waals surface area contributed by atoms with Gasteiger partial charge in [0, 0.05) is 31.9 Å². The predicted molar refractivity (Wildman–Crippen MR) is 92.5 cm³/mol. The fourth-order valence-corrected chi connectivity index (χ4v) is 5.33. The van der Waals surface area contributed by atoms with Crippen molar-refractivity contribution in [1.29, 1.82) is 0 Å². The topological polar surface area (TPSA) is 71.4 Å². The second kappa shape index (κ2) is 6.88. The summed E-state index contributed by atoms with van der Waals surface area (Å²) in [5, 5.41) is 0. The van der Waals surface area contributed by atoms with Gasteiger partial charge in [-0.3, -0.25) is 4.79 Å². The Morgan fingerprint density at radius 1 is 1.12 bits per heavy atom. The summed E-state index contributed by atoms with van der Waals surface area (Å²) in [6.45, 7) is 3.27. The minimum absolute atomic E-state index is 0.0239. The molecule has 6 nitrogen and oxygen atoms in total. The number of piperidine rings is 1. The number of rotatable bonds is 4. The van der Waals surface area contributed by atoms with Crippen molar-refractivity contribution >= 4 is 15.9 Å². The van der Waals surface area contributed by atoms with E-state index >= 15 is 0 Å². The van der Waals surface area contributed by atoms with Crippen LogP contribution in [0.5, 0.6) is 0 Å². The number of nitrogens with one attached hydrogen (secondary N) is 1. The number of amides is 1. The van der Waals surface area contributed by atoms with Crippen LogP contribution in [0, 0.1) is 6.92 Å². The third-order valence-corrected chi connectivity index (χ3v) is 6.95. The maximum absolute atomic E-state index is 12.7. The van der Waals surface area contributed by atoms with E-state index in [0.29, 0.717) is 11.4 Å². The number of aromatic nitrogens is 1. The first-order chi connectivity index (χ1) is 11.4. The zero-order valence-electron chi connectivity index (χ0n) is 14.5. The van der Waals surface area contributed by atoms with E-state index in [4.69, 9.17) is 0 Å². The molecule has 0 radical (unpaired) electrons. The zero-order valence-corrected chi connectivity index (χ0v) is 15.4. The van der Waals surface area contributed by atoms with E-state index in [1.54, 1.807) is 24.6 Å². The van der Waals surface area contributed by atoms with E-state index < -0.39 is 10.0 Å². The summed E-state index contributed by atoms with van der Waals surface area (Å²) in [6, 6.07) is 1.57.